The van der Waals surface area contributed by atoms with Gasteiger partial charge in [-0.1, -0.05) is 12.1 Å². The SMILES string of the molecule is COC(=O)CCCOc1c(C)cccc1N. The molecule has 0 radical (unpaired) electrons. The number of rotatable bonds is 5. The number of esters is 1. The van der Waals surface area contributed by atoms with Gasteiger partial charge in [0.25, 0.3) is 0 Å². The third-order valence-electron chi connectivity index (χ3n) is 2.24. The highest BCUT2D eigenvalue weighted by Crippen LogP contribution is 2.25. The van der Waals surface area contributed by atoms with Gasteiger partial charge in [0.2, 0.25) is 0 Å². The number of carbonyl (C=O) groups is 1. The number of benzene rings is 1. The van der Waals surface area contributed by atoms with E-state index in [-0.39, 0.29) is 5.97 Å². The van der Waals surface area contributed by atoms with Gasteiger partial charge in [0, 0.05) is 6.42 Å². The summed E-state index contributed by atoms with van der Waals surface area (Å²) in [6, 6.07) is 5.61. The average Bonchev–Trinajstić information content (AvgIpc) is 2.27. The Morgan fingerprint density at radius 1 is 1.44 bits per heavy atom. The van der Waals surface area contributed by atoms with E-state index in [2.05, 4.69) is 4.74 Å². The van der Waals surface area contributed by atoms with Crippen molar-refractivity contribution >= 4 is 11.7 Å². The number of hydrogen-bond donors (Lipinski definition) is 1. The minimum absolute atomic E-state index is 0.221. The molecule has 0 heterocycles. The van der Waals surface area contributed by atoms with Crippen molar-refractivity contribution in [3.05, 3.63) is 23.8 Å². The summed E-state index contributed by atoms with van der Waals surface area (Å²) in [5.41, 5.74) is 7.39. The van der Waals surface area contributed by atoms with E-state index in [1.807, 2.05) is 19.1 Å². The maximum atomic E-state index is 10.9. The molecule has 4 nitrogen and oxygen atoms in total. The van der Waals surface area contributed by atoms with Crippen LogP contribution in [0.3, 0.4) is 0 Å². The van der Waals surface area contributed by atoms with Gasteiger partial charge in [-0.15, -0.1) is 0 Å². The van der Waals surface area contributed by atoms with Crippen LogP contribution in [0.15, 0.2) is 18.2 Å². The van der Waals surface area contributed by atoms with E-state index >= 15 is 0 Å². The van der Waals surface area contributed by atoms with Crippen molar-refractivity contribution < 1.29 is 14.3 Å². The van der Waals surface area contributed by atoms with Gasteiger partial charge < -0.3 is 15.2 Å². The first-order chi connectivity index (χ1) is 7.65. The standard InChI is InChI=1S/C12H17NO3/c1-9-5-3-6-10(13)12(9)16-8-4-7-11(14)15-2/h3,5-6H,4,7-8,13H2,1-2H3. The molecule has 0 aliphatic heterocycles. The lowest BCUT2D eigenvalue weighted by atomic mass is 10.2. The maximum absolute atomic E-state index is 10.9. The van der Waals surface area contributed by atoms with Crippen LogP contribution in [0.4, 0.5) is 5.69 Å². The fourth-order valence-corrected chi connectivity index (χ4v) is 1.37. The van der Waals surface area contributed by atoms with Crippen molar-refractivity contribution in [2.24, 2.45) is 0 Å². The maximum Gasteiger partial charge on any atom is 0.305 e. The molecule has 0 aliphatic carbocycles. The lowest BCUT2D eigenvalue weighted by molar-refractivity contribution is -0.140. The molecule has 0 saturated heterocycles. The molecule has 0 bridgehead atoms. The number of anilines is 1. The van der Waals surface area contributed by atoms with E-state index in [4.69, 9.17) is 10.5 Å². The van der Waals surface area contributed by atoms with Crippen LogP contribution in [0.1, 0.15) is 18.4 Å². The molecular formula is C12H17NO3. The molecule has 0 saturated carbocycles. The molecule has 1 aromatic carbocycles. The second kappa shape index (κ2) is 6.00. The Hall–Kier alpha value is -1.71. The van der Waals surface area contributed by atoms with Gasteiger partial charge in [-0.3, -0.25) is 4.79 Å². The van der Waals surface area contributed by atoms with Crippen molar-refractivity contribution in [1.29, 1.82) is 0 Å². The summed E-state index contributed by atoms with van der Waals surface area (Å²) >= 11 is 0. The second-order valence-corrected chi connectivity index (χ2v) is 3.52. The molecule has 0 fully saturated rings. The molecule has 16 heavy (non-hydrogen) atoms. The van der Waals surface area contributed by atoms with Crippen LogP contribution in [-0.4, -0.2) is 19.7 Å². The Labute approximate surface area is 95.3 Å². The van der Waals surface area contributed by atoms with E-state index in [0.717, 1.165) is 5.56 Å². The van der Waals surface area contributed by atoms with E-state index in [1.54, 1.807) is 6.07 Å². The summed E-state index contributed by atoms with van der Waals surface area (Å²) in [5.74, 6) is 0.480. The van der Waals surface area contributed by atoms with Crippen LogP contribution in [0.25, 0.3) is 0 Å². The summed E-state index contributed by atoms with van der Waals surface area (Å²) in [7, 11) is 1.38. The largest absolute Gasteiger partial charge is 0.491 e. The van der Waals surface area contributed by atoms with Crippen molar-refractivity contribution in [1.82, 2.24) is 0 Å². The predicted molar refractivity (Wildman–Crippen MR) is 62.3 cm³/mol. The monoisotopic (exact) mass is 223 g/mol. The van der Waals surface area contributed by atoms with Gasteiger partial charge in [-0.25, -0.2) is 0 Å². The lowest BCUT2D eigenvalue weighted by Gasteiger charge is -2.10. The summed E-state index contributed by atoms with van der Waals surface area (Å²) in [5, 5.41) is 0. The Kier molecular flexibility index (Phi) is 4.64. The summed E-state index contributed by atoms with van der Waals surface area (Å²) in [4.78, 5) is 10.9. The fourth-order valence-electron chi connectivity index (χ4n) is 1.37. The summed E-state index contributed by atoms with van der Waals surface area (Å²) in [6.07, 6.45) is 0.989. The molecule has 0 amide bonds. The Bertz CT molecular complexity index is 343. The highest BCUT2D eigenvalue weighted by atomic mass is 16.5. The molecule has 1 aromatic rings. The highest BCUT2D eigenvalue weighted by Gasteiger charge is 2.04. The third-order valence-corrected chi connectivity index (χ3v) is 2.24. The van der Waals surface area contributed by atoms with Gasteiger partial charge >= 0.3 is 5.97 Å². The number of methoxy groups -OCH3 is 1. The van der Waals surface area contributed by atoms with E-state index < -0.39 is 0 Å². The molecule has 2 N–H and O–H groups in total. The molecule has 1 rings (SSSR count). The fraction of sp³-hybridized carbons (Fsp3) is 0.417. The zero-order chi connectivity index (χ0) is 12.0. The second-order valence-electron chi connectivity index (χ2n) is 3.52. The number of nitrogen functional groups attached to an aromatic ring is 1. The number of aryl methyl sites for hydroxylation is 1. The first kappa shape index (κ1) is 12.4. The van der Waals surface area contributed by atoms with Crippen LogP contribution in [0, 0.1) is 6.92 Å². The molecule has 0 atom stereocenters. The van der Waals surface area contributed by atoms with E-state index in [0.29, 0.717) is 30.9 Å². The molecule has 0 aromatic heterocycles. The van der Waals surface area contributed by atoms with Crippen molar-refractivity contribution in [3.8, 4) is 5.75 Å². The van der Waals surface area contributed by atoms with Crippen LogP contribution in [-0.2, 0) is 9.53 Å². The minimum Gasteiger partial charge on any atom is -0.491 e. The number of carbonyl (C=O) groups excluding carboxylic acids is 1. The zero-order valence-electron chi connectivity index (χ0n) is 9.66. The first-order valence-electron chi connectivity index (χ1n) is 5.20. The van der Waals surface area contributed by atoms with Crippen molar-refractivity contribution in [2.75, 3.05) is 19.5 Å². The number of ether oxygens (including phenoxy) is 2. The molecule has 88 valence electrons. The molecule has 0 aliphatic rings. The Balaban J connectivity index is 2.40. The van der Waals surface area contributed by atoms with Gasteiger partial charge in [0.15, 0.2) is 0 Å². The smallest absolute Gasteiger partial charge is 0.305 e. The summed E-state index contributed by atoms with van der Waals surface area (Å²) < 4.78 is 10.1. The predicted octanol–water partition coefficient (Wildman–Crippen LogP) is 1.91. The zero-order valence-corrected chi connectivity index (χ0v) is 9.66. The normalized spacial score (nSPS) is 9.88. The van der Waals surface area contributed by atoms with Crippen molar-refractivity contribution in [2.45, 2.75) is 19.8 Å². The van der Waals surface area contributed by atoms with E-state index in [9.17, 15) is 4.79 Å². The number of hydrogen-bond acceptors (Lipinski definition) is 4. The van der Waals surface area contributed by atoms with Crippen LogP contribution < -0.4 is 10.5 Å². The van der Waals surface area contributed by atoms with Gasteiger partial charge in [-0.2, -0.15) is 0 Å². The van der Waals surface area contributed by atoms with Crippen LogP contribution in [0.5, 0.6) is 5.75 Å². The van der Waals surface area contributed by atoms with Crippen LogP contribution in [0.2, 0.25) is 0 Å². The van der Waals surface area contributed by atoms with Crippen molar-refractivity contribution in [3.63, 3.8) is 0 Å². The first-order valence-corrected chi connectivity index (χ1v) is 5.20. The van der Waals surface area contributed by atoms with Gasteiger partial charge in [0.05, 0.1) is 19.4 Å². The van der Waals surface area contributed by atoms with Gasteiger partial charge in [-0.05, 0) is 25.0 Å². The molecule has 0 unspecified atom stereocenters. The Morgan fingerprint density at radius 2 is 2.19 bits per heavy atom. The minimum atomic E-state index is -0.221. The molecular weight excluding hydrogens is 206 g/mol. The number of para-hydroxylation sites is 1. The number of nitrogens with two attached hydrogens (primary N) is 1. The quantitative estimate of drug-likeness (QED) is 0.470. The highest BCUT2D eigenvalue weighted by molar-refractivity contribution is 5.69. The molecule has 4 heteroatoms. The molecule has 0 spiro atoms. The Morgan fingerprint density at radius 3 is 2.81 bits per heavy atom. The van der Waals surface area contributed by atoms with Gasteiger partial charge in [0.1, 0.15) is 5.75 Å². The average molecular weight is 223 g/mol. The lowest BCUT2D eigenvalue weighted by Crippen LogP contribution is -2.06. The van der Waals surface area contributed by atoms with Crippen LogP contribution >= 0.6 is 0 Å². The van der Waals surface area contributed by atoms with E-state index in [1.165, 1.54) is 7.11 Å². The topological polar surface area (TPSA) is 61.5 Å². The summed E-state index contributed by atoms with van der Waals surface area (Å²) in [6.45, 7) is 2.40. The third kappa shape index (κ3) is 3.46.